The fourth-order valence-corrected chi connectivity index (χ4v) is 1.86. The summed E-state index contributed by atoms with van der Waals surface area (Å²) < 4.78 is 1.99. The standard InChI is InChI=1S/C13H19N5/c1-9(2)18-12(6-7-15-18)11-8-14-13(17(4)5)16-10(11)3/h6-9H,1-5H3. The first-order chi connectivity index (χ1) is 8.50. The van der Waals surface area contributed by atoms with Crippen molar-refractivity contribution in [1.82, 2.24) is 19.7 Å². The van der Waals surface area contributed by atoms with Crippen molar-refractivity contribution in [2.75, 3.05) is 19.0 Å². The van der Waals surface area contributed by atoms with Crippen LogP contribution in [0.3, 0.4) is 0 Å². The Bertz CT molecular complexity index is 542. The summed E-state index contributed by atoms with van der Waals surface area (Å²) in [7, 11) is 3.87. The molecule has 0 atom stereocenters. The molecule has 0 spiro atoms. The van der Waals surface area contributed by atoms with Crippen molar-refractivity contribution in [3.05, 3.63) is 24.2 Å². The largest absolute Gasteiger partial charge is 0.347 e. The van der Waals surface area contributed by atoms with Crippen LogP contribution >= 0.6 is 0 Å². The van der Waals surface area contributed by atoms with E-state index in [-0.39, 0.29) is 0 Å². The Kier molecular flexibility index (Phi) is 3.32. The second-order valence-corrected chi connectivity index (χ2v) is 4.82. The van der Waals surface area contributed by atoms with Crippen molar-refractivity contribution in [1.29, 1.82) is 0 Å². The molecule has 0 radical (unpaired) electrons. The van der Waals surface area contributed by atoms with E-state index >= 15 is 0 Å². The van der Waals surface area contributed by atoms with E-state index in [0.717, 1.165) is 22.9 Å². The first-order valence-electron chi connectivity index (χ1n) is 6.05. The van der Waals surface area contributed by atoms with Gasteiger partial charge in [-0.05, 0) is 26.8 Å². The molecule has 0 aliphatic rings. The van der Waals surface area contributed by atoms with E-state index in [0.29, 0.717) is 6.04 Å². The van der Waals surface area contributed by atoms with Gasteiger partial charge in [-0.3, -0.25) is 4.68 Å². The molecule has 0 aliphatic carbocycles. The van der Waals surface area contributed by atoms with Gasteiger partial charge in [0.05, 0.1) is 11.4 Å². The summed E-state index contributed by atoms with van der Waals surface area (Å²) in [5, 5.41) is 4.34. The maximum Gasteiger partial charge on any atom is 0.225 e. The molecular weight excluding hydrogens is 226 g/mol. The van der Waals surface area contributed by atoms with Crippen LogP contribution in [0.2, 0.25) is 0 Å². The fourth-order valence-electron chi connectivity index (χ4n) is 1.86. The molecule has 0 aromatic carbocycles. The van der Waals surface area contributed by atoms with Crippen molar-refractivity contribution in [3.8, 4) is 11.3 Å². The SMILES string of the molecule is Cc1nc(N(C)C)ncc1-c1ccnn1C(C)C. The molecule has 0 N–H and O–H groups in total. The fraction of sp³-hybridized carbons (Fsp3) is 0.462. The minimum atomic E-state index is 0.322. The number of aromatic nitrogens is 4. The summed E-state index contributed by atoms with van der Waals surface area (Å²) in [5.41, 5.74) is 3.07. The molecule has 18 heavy (non-hydrogen) atoms. The van der Waals surface area contributed by atoms with Crippen molar-refractivity contribution >= 4 is 5.95 Å². The Hall–Kier alpha value is -1.91. The predicted octanol–water partition coefficient (Wildman–Crippen LogP) is 2.30. The number of rotatable bonds is 3. The van der Waals surface area contributed by atoms with Crippen molar-refractivity contribution < 1.29 is 0 Å². The lowest BCUT2D eigenvalue weighted by Crippen LogP contribution is -2.14. The van der Waals surface area contributed by atoms with Crippen LogP contribution in [-0.4, -0.2) is 33.8 Å². The van der Waals surface area contributed by atoms with Crippen LogP contribution in [-0.2, 0) is 0 Å². The summed E-state index contributed by atoms with van der Waals surface area (Å²) >= 11 is 0. The zero-order valence-corrected chi connectivity index (χ0v) is 11.5. The highest BCUT2D eigenvalue weighted by atomic mass is 15.3. The van der Waals surface area contributed by atoms with Crippen molar-refractivity contribution in [3.63, 3.8) is 0 Å². The Morgan fingerprint density at radius 2 is 2.00 bits per heavy atom. The van der Waals surface area contributed by atoms with Gasteiger partial charge in [0.15, 0.2) is 0 Å². The topological polar surface area (TPSA) is 46.8 Å². The van der Waals surface area contributed by atoms with Gasteiger partial charge in [-0.25, -0.2) is 9.97 Å². The number of nitrogens with zero attached hydrogens (tertiary/aromatic N) is 5. The third-order valence-corrected chi connectivity index (χ3v) is 2.80. The summed E-state index contributed by atoms with van der Waals surface area (Å²) in [6, 6.07) is 2.32. The zero-order chi connectivity index (χ0) is 13.3. The van der Waals surface area contributed by atoms with Gasteiger partial charge in [-0.2, -0.15) is 5.10 Å². The van der Waals surface area contributed by atoms with Gasteiger partial charge >= 0.3 is 0 Å². The van der Waals surface area contributed by atoms with Gasteiger partial charge in [0.1, 0.15) is 0 Å². The first kappa shape index (κ1) is 12.5. The number of aryl methyl sites for hydroxylation is 1. The van der Waals surface area contributed by atoms with Gasteiger partial charge in [0, 0.05) is 38.1 Å². The Labute approximate surface area is 107 Å². The number of anilines is 1. The Balaban J connectivity index is 2.48. The van der Waals surface area contributed by atoms with Gasteiger partial charge in [0.25, 0.3) is 0 Å². The molecule has 0 fully saturated rings. The van der Waals surface area contributed by atoms with Crippen molar-refractivity contribution in [2.24, 2.45) is 0 Å². The third-order valence-electron chi connectivity index (χ3n) is 2.80. The molecule has 2 heterocycles. The highest BCUT2D eigenvalue weighted by Gasteiger charge is 2.12. The predicted molar refractivity (Wildman–Crippen MR) is 72.7 cm³/mol. The second-order valence-electron chi connectivity index (χ2n) is 4.82. The molecule has 0 bridgehead atoms. The van der Waals surface area contributed by atoms with Gasteiger partial charge in [0.2, 0.25) is 5.95 Å². The van der Waals surface area contributed by atoms with Crippen LogP contribution in [0, 0.1) is 6.92 Å². The smallest absolute Gasteiger partial charge is 0.225 e. The summed E-state index contributed by atoms with van der Waals surface area (Å²) in [6.07, 6.45) is 3.68. The quantitative estimate of drug-likeness (QED) is 0.832. The maximum absolute atomic E-state index is 4.50. The average Bonchev–Trinajstić information content (AvgIpc) is 2.77. The van der Waals surface area contributed by atoms with Crippen molar-refractivity contribution in [2.45, 2.75) is 26.8 Å². The summed E-state index contributed by atoms with van der Waals surface area (Å²) in [6.45, 7) is 6.23. The highest BCUT2D eigenvalue weighted by molar-refractivity contribution is 5.61. The van der Waals surface area contributed by atoms with Crippen LogP contribution in [0.1, 0.15) is 25.6 Å². The lowest BCUT2D eigenvalue weighted by molar-refractivity contribution is 0.538. The molecule has 2 rings (SSSR count). The molecule has 2 aromatic heterocycles. The Morgan fingerprint density at radius 1 is 1.28 bits per heavy atom. The van der Waals surface area contributed by atoms with Crippen LogP contribution in [0.4, 0.5) is 5.95 Å². The third kappa shape index (κ3) is 2.20. The van der Waals surface area contributed by atoms with E-state index in [4.69, 9.17) is 0 Å². The van der Waals surface area contributed by atoms with Crippen LogP contribution < -0.4 is 4.90 Å². The lowest BCUT2D eigenvalue weighted by Gasteiger charge is -2.14. The van der Waals surface area contributed by atoms with E-state index in [9.17, 15) is 0 Å². The molecular formula is C13H19N5. The number of hydrogen-bond donors (Lipinski definition) is 0. The van der Waals surface area contributed by atoms with E-state index in [1.807, 2.05) is 49.1 Å². The molecule has 5 heteroatoms. The maximum atomic E-state index is 4.50. The van der Waals surface area contributed by atoms with Gasteiger partial charge in [-0.1, -0.05) is 0 Å². The van der Waals surface area contributed by atoms with Crippen LogP contribution in [0.5, 0.6) is 0 Å². The molecule has 0 aliphatic heterocycles. The van der Waals surface area contributed by atoms with E-state index in [1.165, 1.54) is 0 Å². The lowest BCUT2D eigenvalue weighted by atomic mass is 10.1. The molecule has 2 aromatic rings. The van der Waals surface area contributed by atoms with Crippen LogP contribution in [0.15, 0.2) is 18.5 Å². The van der Waals surface area contributed by atoms with Gasteiger partial charge in [-0.15, -0.1) is 0 Å². The highest BCUT2D eigenvalue weighted by Crippen LogP contribution is 2.24. The second kappa shape index (κ2) is 4.76. The monoisotopic (exact) mass is 245 g/mol. The average molecular weight is 245 g/mol. The molecule has 96 valence electrons. The molecule has 0 unspecified atom stereocenters. The van der Waals surface area contributed by atoms with E-state index < -0.39 is 0 Å². The minimum absolute atomic E-state index is 0.322. The Morgan fingerprint density at radius 3 is 2.56 bits per heavy atom. The molecule has 0 saturated heterocycles. The number of hydrogen-bond acceptors (Lipinski definition) is 4. The van der Waals surface area contributed by atoms with E-state index in [1.54, 1.807) is 0 Å². The van der Waals surface area contributed by atoms with Gasteiger partial charge < -0.3 is 4.90 Å². The normalized spacial score (nSPS) is 11.0. The van der Waals surface area contributed by atoms with E-state index in [2.05, 4.69) is 28.9 Å². The molecule has 0 saturated carbocycles. The molecule has 0 amide bonds. The zero-order valence-electron chi connectivity index (χ0n) is 11.5. The summed E-state index contributed by atoms with van der Waals surface area (Å²) in [5.74, 6) is 0.729. The molecule has 5 nitrogen and oxygen atoms in total. The minimum Gasteiger partial charge on any atom is -0.347 e. The summed E-state index contributed by atoms with van der Waals surface area (Å²) in [4.78, 5) is 10.8. The first-order valence-corrected chi connectivity index (χ1v) is 6.05. The van der Waals surface area contributed by atoms with Crippen LogP contribution in [0.25, 0.3) is 11.3 Å².